The van der Waals surface area contributed by atoms with Crippen LogP contribution in [0.2, 0.25) is 0 Å². The van der Waals surface area contributed by atoms with Crippen LogP contribution in [0.5, 0.6) is 5.75 Å². The molecule has 0 aromatic heterocycles. The average molecular weight is 314 g/mol. The number of amides is 1. The van der Waals surface area contributed by atoms with Crippen LogP contribution in [0.1, 0.15) is 0 Å². The van der Waals surface area contributed by atoms with Crippen LogP contribution in [-0.2, 0) is 9.53 Å². The van der Waals surface area contributed by atoms with E-state index in [1.165, 1.54) is 0 Å². The van der Waals surface area contributed by atoms with Gasteiger partial charge in [0.25, 0.3) is 5.91 Å². The van der Waals surface area contributed by atoms with E-state index in [4.69, 9.17) is 9.47 Å². The van der Waals surface area contributed by atoms with Crippen molar-refractivity contribution in [3.63, 3.8) is 0 Å². The second-order valence-corrected chi connectivity index (χ2v) is 4.74. The largest absolute Gasteiger partial charge is 0.484 e. The molecule has 0 radical (unpaired) electrons. The summed E-state index contributed by atoms with van der Waals surface area (Å²) in [6, 6.07) is 9.36. The van der Waals surface area contributed by atoms with Crippen LogP contribution in [0.15, 0.2) is 30.3 Å². The number of hydrogen-bond donors (Lipinski definition) is 0. The summed E-state index contributed by atoms with van der Waals surface area (Å²) in [6.07, 6.45) is 0.0828. The highest BCUT2D eigenvalue weighted by atomic mass is 79.9. The van der Waals surface area contributed by atoms with Gasteiger partial charge in [-0.2, -0.15) is 0 Å². The summed E-state index contributed by atoms with van der Waals surface area (Å²) < 4.78 is 10.9. The first-order valence-corrected chi connectivity index (χ1v) is 7.05. The number of para-hydroxylation sites is 1. The lowest BCUT2D eigenvalue weighted by molar-refractivity contribution is -0.140. The number of hydrogen-bond acceptors (Lipinski definition) is 3. The quantitative estimate of drug-likeness (QED) is 0.794. The number of carbonyl (C=O) groups excluding carboxylic acids is 1. The van der Waals surface area contributed by atoms with Crippen LogP contribution in [0.25, 0.3) is 0 Å². The number of alkyl halides is 1. The topological polar surface area (TPSA) is 38.8 Å². The molecular formula is C13H16BrNO3. The number of morpholine rings is 1. The Morgan fingerprint density at radius 1 is 1.44 bits per heavy atom. The molecule has 1 fully saturated rings. The molecule has 1 saturated heterocycles. The minimum atomic E-state index is 0.00750. The molecule has 18 heavy (non-hydrogen) atoms. The van der Waals surface area contributed by atoms with Gasteiger partial charge < -0.3 is 14.4 Å². The number of rotatable bonds is 4. The smallest absolute Gasteiger partial charge is 0.260 e. The van der Waals surface area contributed by atoms with Crippen LogP contribution in [0.3, 0.4) is 0 Å². The zero-order valence-corrected chi connectivity index (χ0v) is 11.6. The molecule has 0 bridgehead atoms. The fourth-order valence-electron chi connectivity index (χ4n) is 1.79. The van der Waals surface area contributed by atoms with E-state index >= 15 is 0 Å². The van der Waals surface area contributed by atoms with Gasteiger partial charge in [-0.25, -0.2) is 0 Å². The second-order valence-electron chi connectivity index (χ2n) is 4.09. The van der Waals surface area contributed by atoms with Gasteiger partial charge in [-0.15, -0.1) is 0 Å². The molecule has 0 spiro atoms. The number of benzene rings is 1. The van der Waals surface area contributed by atoms with Gasteiger partial charge in [0.05, 0.1) is 12.7 Å². The van der Waals surface area contributed by atoms with Crippen LogP contribution >= 0.6 is 15.9 Å². The SMILES string of the molecule is O=C(COc1ccccc1)N1CCOC(CBr)C1. The summed E-state index contributed by atoms with van der Waals surface area (Å²) in [5.41, 5.74) is 0. The average Bonchev–Trinajstić information content (AvgIpc) is 2.46. The molecule has 4 nitrogen and oxygen atoms in total. The molecule has 1 amide bonds. The zero-order valence-electron chi connectivity index (χ0n) is 10.0. The van der Waals surface area contributed by atoms with Gasteiger partial charge in [0.1, 0.15) is 5.75 Å². The molecule has 1 aromatic rings. The number of nitrogens with zero attached hydrogens (tertiary/aromatic N) is 1. The van der Waals surface area contributed by atoms with Gasteiger partial charge in [0.15, 0.2) is 6.61 Å². The third-order valence-electron chi connectivity index (χ3n) is 2.77. The molecule has 1 unspecified atom stereocenters. The van der Waals surface area contributed by atoms with Gasteiger partial charge >= 0.3 is 0 Å². The highest BCUT2D eigenvalue weighted by Gasteiger charge is 2.23. The van der Waals surface area contributed by atoms with E-state index in [2.05, 4.69) is 15.9 Å². The molecular weight excluding hydrogens is 298 g/mol. The van der Waals surface area contributed by atoms with Crippen LogP contribution < -0.4 is 4.74 Å². The molecule has 2 rings (SSSR count). The molecule has 1 heterocycles. The van der Waals surface area contributed by atoms with Crippen molar-refractivity contribution in [2.24, 2.45) is 0 Å². The molecule has 98 valence electrons. The van der Waals surface area contributed by atoms with Crippen molar-refractivity contribution in [1.82, 2.24) is 4.90 Å². The molecule has 0 aliphatic carbocycles. The van der Waals surface area contributed by atoms with Crippen molar-refractivity contribution in [1.29, 1.82) is 0 Å². The molecule has 1 aliphatic heterocycles. The van der Waals surface area contributed by atoms with Crippen molar-refractivity contribution < 1.29 is 14.3 Å². The molecule has 1 atom stereocenters. The molecule has 5 heteroatoms. The Kier molecular flexibility index (Phi) is 5.01. The second kappa shape index (κ2) is 6.75. The maximum absolute atomic E-state index is 12.0. The van der Waals surface area contributed by atoms with Gasteiger partial charge in [-0.3, -0.25) is 4.79 Å². The summed E-state index contributed by atoms with van der Waals surface area (Å²) in [5, 5.41) is 0.746. The van der Waals surface area contributed by atoms with E-state index in [0.717, 1.165) is 11.1 Å². The minimum absolute atomic E-state index is 0.00750. The Morgan fingerprint density at radius 3 is 2.94 bits per heavy atom. The van der Waals surface area contributed by atoms with Crippen molar-refractivity contribution in [3.8, 4) is 5.75 Å². The third-order valence-corrected chi connectivity index (χ3v) is 3.49. The fraction of sp³-hybridized carbons (Fsp3) is 0.462. The van der Waals surface area contributed by atoms with Crippen LogP contribution in [-0.4, -0.2) is 48.5 Å². The predicted molar refractivity (Wildman–Crippen MR) is 72.1 cm³/mol. The Bertz CT molecular complexity index is 385. The Balaban J connectivity index is 1.81. The van der Waals surface area contributed by atoms with Crippen molar-refractivity contribution in [2.75, 3.05) is 31.6 Å². The standard InChI is InChI=1S/C13H16BrNO3/c14-8-12-9-15(6-7-17-12)13(16)10-18-11-4-2-1-3-5-11/h1-5,12H,6-10H2. The lowest BCUT2D eigenvalue weighted by Crippen LogP contribution is -2.47. The lowest BCUT2D eigenvalue weighted by atomic mass is 10.3. The van der Waals surface area contributed by atoms with Gasteiger partial charge in [-0.1, -0.05) is 34.1 Å². The Hall–Kier alpha value is -1.07. The molecule has 0 N–H and O–H groups in total. The van der Waals surface area contributed by atoms with E-state index in [1.807, 2.05) is 30.3 Å². The normalized spacial score (nSPS) is 19.6. The van der Waals surface area contributed by atoms with Crippen LogP contribution in [0.4, 0.5) is 0 Å². The Morgan fingerprint density at radius 2 is 2.22 bits per heavy atom. The highest BCUT2D eigenvalue weighted by Crippen LogP contribution is 2.10. The number of halogens is 1. The van der Waals surface area contributed by atoms with E-state index < -0.39 is 0 Å². The summed E-state index contributed by atoms with van der Waals surface area (Å²) in [4.78, 5) is 13.8. The zero-order chi connectivity index (χ0) is 12.8. The van der Waals surface area contributed by atoms with E-state index in [1.54, 1.807) is 4.90 Å². The number of ether oxygens (including phenoxy) is 2. The van der Waals surface area contributed by atoms with Crippen LogP contribution in [0, 0.1) is 0 Å². The fourth-order valence-corrected chi connectivity index (χ4v) is 2.18. The Labute approximate surface area is 115 Å². The van der Waals surface area contributed by atoms with E-state index in [9.17, 15) is 4.79 Å². The van der Waals surface area contributed by atoms with Crippen molar-refractivity contribution >= 4 is 21.8 Å². The summed E-state index contributed by atoms with van der Waals surface area (Å²) in [5.74, 6) is 0.726. The van der Waals surface area contributed by atoms with E-state index in [0.29, 0.717) is 19.7 Å². The molecule has 0 saturated carbocycles. The maximum atomic E-state index is 12.0. The van der Waals surface area contributed by atoms with Gasteiger partial charge in [-0.05, 0) is 12.1 Å². The first kappa shape index (κ1) is 13.4. The minimum Gasteiger partial charge on any atom is -0.484 e. The maximum Gasteiger partial charge on any atom is 0.260 e. The van der Waals surface area contributed by atoms with Gasteiger partial charge in [0.2, 0.25) is 0 Å². The molecule has 1 aliphatic rings. The van der Waals surface area contributed by atoms with Gasteiger partial charge in [0, 0.05) is 18.4 Å². The monoisotopic (exact) mass is 313 g/mol. The lowest BCUT2D eigenvalue weighted by Gasteiger charge is -2.32. The first-order valence-electron chi connectivity index (χ1n) is 5.93. The predicted octanol–water partition coefficient (Wildman–Crippen LogP) is 1.69. The summed E-state index contributed by atoms with van der Waals surface area (Å²) in [6.45, 7) is 1.94. The highest BCUT2D eigenvalue weighted by molar-refractivity contribution is 9.09. The first-order chi connectivity index (χ1) is 8.79. The van der Waals surface area contributed by atoms with Crippen molar-refractivity contribution in [2.45, 2.75) is 6.10 Å². The molecule has 1 aromatic carbocycles. The third kappa shape index (κ3) is 3.71. The number of carbonyl (C=O) groups is 1. The van der Waals surface area contributed by atoms with E-state index in [-0.39, 0.29) is 18.6 Å². The summed E-state index contributed by atoms with van der Waals surface area (Å²) in [7, 11) is 0. The van der Waals surface area contributed by atoms with Crippen molar-refractivity contribution in [3.05, 3.63) is 30.3 Å². The summed E-state index contributed by atoms with van der Waals surface area (Å²) >= 11 is 3.37.